The molecule has 0 spiro atoms. The van der Waals surface area contributed by atoms with Crippen molar-refractivity contribution in [2.75, 3.05) is 0 Å². The van der Waals surface area contributed by atoms with Crippen LogP contribution in [0.3, 0.4) is 0 Å². The van der Waals surface area contributed by atoms with E-state index in [-0.39, 0.29) is 22.6 Å². The highest BCUT2D eigenvalue weighted by atomic mass is 16.5. The van der Waals surface area contributed by atoms with Crippen molar-refractivity contribution in [3.8, 4) is 0 Å². The summed E-state index contributed by atoms with van der Waals surface area (Å²) in [6.45, 7) is 12.4. The normalized spacial score (nSPS) is 36.4. The van der Waals surface area contributed by atoms with E-state index in [1.165, 1.54) is 63.0 Å². The molecule has 0 aliphatic heterocycles. The third-order valence-corrected chi connectivity index (χ3v) is 11.9. The van der Waals surface area contributed by atoms with Crippen molar-refractivity contribution >= 4 is 11.9 Å². The smallest absolute Gasteiger partial charge is 0.339 e. The van der Waals surface area contributed by atoms with Crippen molar-refractivity contribution in [3.63, 3.8) is 0 Å². The zero-order valence-corrected chi connectivity index (χ0v) is 24.9. The molecule has 3 saturated carbocycles. The number of carbonyl (C=O) groups excluding carboxylic acids is 1. The number of fused-ring (bicyclic) bond motifs is 5. The van der Waals surface area contributed by atoms with Gasteiger partial charge >= 0.3 is 11.9 Å². The van der Waals surface area contributed by atoms with E-state index in [4.69, 9.17) is 4.74 Å². The summed E-state index contributed by atoms with van der Waals surface area (Å²) in [6, 6.07) is 6.37. The number of ether oxygens (including phenoxy) is 1. The van der Waals surface area contributed by atoms with Crippen molar-refractivity contribution in [2.45, 2.75) is 111 Å². The van der Waals surface area contributed by atoms with Crippen LogP contribution < -0.4 is 0 Å². The quantitative estimate of drug-likeness (QED) is 0.267. The molecule has 1 aromatic rings. The van der Waals surface area contributed by atoms with E-state index in [1.807, 2.05) is 0 Å². The van der Waals surface area contributed by atoms with Gasteiger partial charge in [0.05, 0.1) is 11.1 Å². The van der Waals surface area contributed by atoms with Gasteiger partial charge < -0.3 is 9.84 Å². The lowest BCUT2D eigenvalue weighted by molar-refractivity contribution is -0.0594. The zero-order chi connectivity index (χ0) is 27.9. The van der Waals surface area contributed by atoms with Crippen LogP contribution in [0.5, 0.6) is 0 Å². The lowest BCUT2D eigenvalue weighted by atomic mass is 9.47. The van der Waals surface area contributed by atoms with Crippen LogP contribution in [0.1, 0.15) is 126 Å². The van der Waals surface area contributed by atoms with Crippen LogP contribution in [0, 0.1) is 46.3 Å². The number of hydrogen-bond acceptors (Lipinski definition) is 3. The SMILES string of the molecule is CC(C)CCC[C@@H](C)C1CC[C@H]2[C@@H]3CC=C4C[C@@H](OC(=O)c5ccccc5C(=O)O)CC[C@]4(C)[C@H]3CC[C@]12C. The number of esters is 1. The largest absolute Gasteiger partial charge is 0.478 e. The molecule has 8 atom stereocenters. The monoisotopic (exact) mass is 534 g/mol. The first-order valence-corrected chi connectivity index (χ1v) is 15.8. The first kappa shape index (κ1) is 28.4. The minimum absolute atomic E-state index is 0.0113. The molecule has 5 rings (SSSR count). The first-order valence-electron chi connectivity index (χ1n) is 15.8. The molecular formula is C35H50O4. The topological polar surface area (TPSA) is 63.6 Å². The molecule has 0 heterocycles. The van der Waals surface area contributed by atoms with Gasteiger partial charge in [0.1, 0.15) is 6.10 Å². The fourth-order valence-electron chi connectivity index (χ4n) is 9.82. The van der Waals surface area contributed by atoms with Gasteiger partial charge in [0.2, 0.25) is 0 Å². The molecule has 4 aliphatic carbocycles. The van der Waals surface area contributed by atoms with Gasteiger partial charge in [-0.25, -0.2) is 9.59 Å². The maximum atomic E-state index is 12.9. The third-order valence-electron chi connectivity index (χ3n) is 11.9. The van der Waals surface area contributed by atoms with Gasteiger partial charge in [-0.15, -0.1) is 0 Å². The average Bonchev–Trinajstić information content (AvgIpc) is 3.26. The lowest BCUT2D eigenvalue weighted by Gasteiger charge is -2.58. The summed E-state index contributed by atoms with van der Waals surface area (Å²) in [6.07, 6.45) is 15.9. The van der Waals surface area contributed by atoms with Gasteiger partial charge in [0.15, 0.2) is 0 Å². The molecule has 3 fully saturated rings. The van der Waals surface area contributed by atoms with Crippen molar-refractivity contribution in [3.05, 3.63) is 47.0 Å². The van der Waals surface area contributed by atoms with E-state index in [0.29, 0.717) is 5.41 Å². The molecule has 1 N–H and O–H groups in total. The third kappa shape index (κ3) is 5.22. The van der Waals surface area contributed by atoms with E-state index < -0.39 is 11.9 Å². The Bertz CT molecular complexity index is 1100. The highest BCUT2D eigenvalue weighted by Gasteiger charge is 2.59. The Morgan fingerprint density at radius 2 is 1.72 bits per heavy atom. The molecule has 4 heteroatoms. The number of benzene rings is 1. The second-order valence-electron chi connectivity index (χ2n) is 14.4. The highest BCUT2D eigenvalue weighted by Crippen LogP contribution is 2.67. The Hall–Kier alpha value is -2.10. The molecule has 1 aromatic carbocycles. The number of carboxylic acids is 1. The van der Waals surface area contributed by atoms with Gasteiger partial charge in [-0.2, -0.15) is 0 Å². The predicted octanol–water partition coefficient (Wildman–Crippen LogP) is 8.95. The summed E-state index contributed by atoms with van der Waals surface area (Å²) >= 11 is 0. The number of allylic oxidation sites excluding steroid dienone is 1. The standard InChI is InChI=1S/C35H50O4/c1-22(2)9-8-10-23(3)29-15-16-30-28-14-13-24-21-25(17-19-34(24,4)31(28)18-20-35(29,30)5)39-33(38)27-12-7-6-11-26(27)32(36)37/h6-7,11-13,22-23,25,28-31H,8-10,14-21H2,1-5H3,(H,36,37)/t23-,25+,28+,29?,30+,31+,34+,35-/m1/s1. The van der Waals surface area contributed by atoms with Crippen molar-refractivity contribution in [2.24, 2.45) is 46.3 Å². The number of aromatic carboxylic acids is 1. The molecule has 4 nitrogen and oxygen atoms in total. The van der Waals surface area contributed by atoms with Crippen LogP contribution in [0.25, 0.3) is 0 Å². The Labute approximate surface area is 236 Å². The van der Waals surface area contributed by atoms with Crippen molar-refractivity contribution in [1.29, 1.82) is 0 Å². The van der Waals surface area contributed by atoms with Gasteiger partial charge in [-0.05, 0) is 103 Å². The summed E-state index contributed by atoms with van der Waals surface area (Å²) in [7, 11) is 0. The molecular weight excluding hydrogens is 484 g/mol. The van der Waals surface area contributed by atoms with E-state index in [9.17, 15) is 14.7 Å². The second kappa shape index (κ2) is 11.1. The number of carboxylic acid groups (broad SMARTS) is 1. The van der Waals surface area contributed by atoms with Crippen LogP contribution in [-0.2, 0) is 4.74 Å². The number of hydrogen-bond donors (Lipinski definition) is 1. The van der Waals surface area contributed by atoms with Crippen molar-refractivity contribution < 1.29 is 19.4 Å². The first-order chi connectivity index (χ1) is 18.5. The van der Waals surface area contributed by atoms with Gasteiger partial charge in [0, 0.05) is 6.42 Å². The fraction of sp³-hybridized carbons (Fsp3) is 0.714. The molecule has 1 unspecified atom stereocenters. The van der Waals surface area contributed by atoms with E-state index in [0.717, 1.165) is 54.8 Å². The summed E-state index contributed by atoms with van der Waals surface area (Å²) < 4.78 is 5.93. The molecule has 0 radical (unpaired) electrons. The molecule has 0 bridgehead atoms. The molecule has 0 aromatic heterocycles. The van der Waals surface area contributed by atoms with E-state index in [1.54, 1.807) is 18.2 Å². The van der Waals surface area contributed by atoms with Crippen molar-refractivity contribution in [1.82, 2.24) is 0 Å². The van der Waals surface area contributed by atoms with Gasteiger partial charge in [-0.3, -0.25) is 0 Å². The number of carbonyl (C=O) groups is 2. The summed E-state index contributed by atoms with van der Waals surface area (Å²) in [5, 5.41) is 9.49. The van der Waals surface area contributed by atoms with Crippen LogP contribution in [0.15, 0.2) is 35.9 Å². The fourth-order valence-corrected chi connectivity index (χ4v) is 9.82. The summed E-state index contributed by atoms with van der Waals surface area (Å²) in [5.74, 6) is 3.26. The molecule has 0 saturated heterocycles. The van der Waals surface area contributed by atoms with E-state index in [2.05, 4.69) is 40.7 Å². The highest BCUT2D eigenvalue weighted by molar-refractivity contribution is 6.02. The van der Waals surface area contributed by atoms with Crippen LogP contribution >= 0.6 is 0 Å². The van der Waals surface area contributed by atoms with Gasteiger partial charge in [-0.1, -0.05) is 77.7 Å². The minimum Gasteiger partial charge on any atom is -0.478 e. The van der Waals surface area contributed by atoms with Gasteiger partial charge in [0.25, 0.3) is 0 Å². The molecule has 4 aliphatic rings. The van der Waals surface area contributed by atoms with E-state index >= 15 is 0 Å². The Balaban J connectivity index is 1.26. The molecule has 0 amide bonds. The zero-order valence-electron chi connectivity index (χ0n) is 24.9. The molecule has 214 valence electrons. The van der Waals surface area contributed by atoms with Crippen LogP contribution in [-0.4, -0.2) is 23.1 Å². The average molecular weight is 535 g/mol. The predicted molar refractivity (Wildman–Crippen MR) is 156 cm³/mol. The second-order valence-corrected chi connectivity index (χ2v) is 14.4. The minimum atomic E-state index is -1.09. The Morgan fingerprint density at radius 1 is 0.974 bits per heavy atom. The number of rotatable bonds is 8. The molecule has 39 heavy (non-hydrogen) atoms. The van der Waals surface area contributed by atoms with Crippen LogP contribution in [0.2, 0.25) is 0 Å². The Morgan fingerprint density at radius 3 is 2.44 bits per heavy atom. The summed E-state index contributed by atoms with van der Waals surface area (Å²) in [4.78, 5) is 24.5. The Kier molecular flexibility index (Phi) is 8.06. The maximum absolute atomic E-state index is 12.9. The summed E-state index contributed by atoms with van der Waals surface area (Å²) in [5.41, 5.74) is 2.34. The maximum Gasteiger partial charge on any atom is 0.339 e. The lowest BCUT2D eigenvalue weighted by Crippen LogP contribution is -2.51. The van der Waals surface area contributed by atoms with Crippen LogP contribution in [0.4, 0.5) is 0 Å².